The molecule has 0 fully saturated rings. The van der Waals surface area contributed by atoms with E-state index in [9.17, 15) is 14.3 Å². The third-order valence-corrected chi connectivity index (χ3v) is 3.56. The van der Waals surface area contributed by atoms with Gasteiger partial charge in [-0.05, 0) is 23.3 Å². The van der Waals surface area contributed by atoms with Crippen molar-refractivity contribution < 1.29 is 14.3 Å². The van der Waals surface area contributed by atoms with E-state index >= 15 is 0 Å². The van der Waals surface area contributed by atoms with E-state index in [1.54, 1.807) is 0 Å². The maximum Gasteiger partial charge on any atom is 0.325 e. The molecule has 0 radical (unpaired) electrons. The maximum atomic E-state index is 13.1. The van der Waals surface area contributed by atoms with E-state index in [0.29, 0.717) is 16.6 Å². The molecule has 0 aromatic heterocycles. The third-order valence-electron chi connectivity index (χ3n) is 2.87. The monoisotopic (exact) mass is 337 g/mol. The Morgan fingerprint density at radius 1 is 1.25 bits per heavy atom. The molecule has 0 bridgehead atoms. The molecular weight excluding hydrogens is 325 g/mol. The van der Waals surface area contributed by atoms with Crippen molar-refractivity contribution in [3.8, 4) is 0 Å². The number of hydrogen-bond acceptors (Lipinski definition) is 2. The average molecular weight is 338 g/mol. The van der Waals surface area contributed by atoms with Gasteiger partial charge in [-0.1, -0.05) is 52.3 Å². The molecule has 0 saturated heterocycles. The van der Waals surface area contributed by atoms with Crippen LogP contribution >= 0.6 is 15.9 Å². The molecule has 0 aliphatic heterocycles. The second-order valence-electron chi connectivity index (χ2n) is 4.30. The lowest BCUT2D eigenvalue weighted by Crippen LogP contribution is -2.28. The zero-order valence-electron chi connectivity index (χ0n) is 10.5. The van der Waals surface area contributed by atoms with E-state index in [2.05, 4.69) is 21.2 Å². The normalized spacial score (nSPS) is 12.1. The summed E-state index contributed by atoms with van der Waals surface area (Å²) in [6, 6.07) is 12.6. The molecular formula is C15H13BrFNO2. The molecule has 0 aliphatic carbocycles. The van der Waals surface area contributed by atoms with Gasteiger partial charge in [0.25, 0.3) is 0 Å². The van der Waals surface area contributed by atoms with Crippen LogP contribution in [0, 0.1) is 5.82 Å². The van der Waals surface area contributed by atoms with Crippen molar-refractivity contribution >= 4 is 21.9 Å². The number of carboxylic acids is 1. The summed E-state index contributed by atoms with van der Waals surface area (Å²) in [5, 5.41) is 12.3. The molecule has 20 heavy (non-hydrogen) atoms. The number of nitrogens with one attached hydrogen (secondary N) is 1. The van der Waals surface area contributed by atoms with E-state index in [1.807, 2.05) is 30.3 Å². The highest BCUT2D eigenvalue weighted by molar-refractivity contribution is 9.10. The van der Waals surface area contributed by atoms with Gasteiger partial charge >= 0.3 is 5.97 Å². The van der Waals surface area contributed by atoms with Crippen LogP contribution in [0.1, 0.15) is 17.2 Å². The Hall–Kier alpha value is -1.72. The Balaban J connectivity index is 2.17. The van der Waals surface area contributed by atoms with Gasteiger partial charge < -0.3 is 5.11 Å². The molecule has 0 heterocycles. The molecule has 1 atom stereocenters. The number of carbonyl (C=O) groups is 1. The Kier molecular flexibility index (Phi) is 4.87. The van der Waals surface area contributed by atoms with Gasteiger partial charge in [0.2, 0.25) is 0 Å². The van der Waals surface area contributed by atoms with Gasteiger partial charge in [0.1, 0.15) is 11.9 Å². The van der Waals surface area contributed by atoms with Gasteiger partial charge in [-0.25, -0.2) is 4.39 Å². The standard InChI is InChI=1S/C15H13BrFNO2/c16-13-8-11(17)6-7-12(13)14(15(19)20)18-9-10-4-2-1-3-5-10/h1-8,14,18H,9H2,(H,19,20). The Morgan fingerprint density at radius 3 is 2.55 bits per heavy atom. The topological polar surface area (TPSA) is 49.3 Å². The number of benzene rings is 2. The summed E-state index contributed by atoms with van der Waals surface area (Å²) in [6.07, 6.45) is 0. The minimum absolute atomic E-state index is 0.409. The molecule has 2 rings (SSSR count). The molecule has 104 valence electrons. The number of carboxylic acid groups (broad SMARTS) is 1. The van der Waals surface area contributed by atoms with Crippen LogP contribution in [-0.4, -0.2) is 11.1 Å². The van der Waals surface area contributed by atoms with Crippen LogP contribution in [0.25, 0.3) is 0 Å². The van der Waals surface area contributed by atoms with Crippen molar-refractivity contribution in [2.45, 2.75) is 12.6 Å². The molecule has 5 heteroatoms. The quantitative estimate of drug-likeness (QED) is 0.877. The number of aliphatic carboxylic acids is 1. The Labute approximate surface area is 124 Å². The zero-order chi connectivity index (χ0) is 14.5. The molecule has 0 amide bonds. The smallest absolute Gasteiger partial charge is 0.325 e. The van der Waals surface area contributed by atoms with Crippen molar-refractivity contribution in [2.75, 3.05) is 0 Å². The molecule has 3 nitrogen and oxygen atoms in total. The summed E-state index contributed by atoms with van der Waals surface area (Å²) < 4.78 is 13.5. The molecule has 0 saturated carbocycles. The van der Waals surface area contributed by atoms with Crippen molar-refractivity contribution in [2.24, 2.45) is 0 Å². The number of halogens is 2. The van der Waals surface area contributed by atoms with Crippen LogP contribution in [0.5, 0.6) is 0 Å². The fraction of sp³-hybridized carbons (Fsp3) is 0.133. The lowest BCUT2D eigenvalue weighted by Gasteiger charge is -2.16. The van der Waals surface area contributed by atoms with Gasteiger partial charge in [0, 0.05) is 11.0 Å². The minimum Gasteiger partial charge on any atom is -0.480 e. The summed E-state index contributed by atoms with van der Waals surface area (Å²) in [5.41, 5.74) is 1.48. The summed E-state index contributed by atoms with van der Waals surface area (Å²) in [5.74, 6) is -1.42. The van der Waals surface area contributed by atoms with Gasteiger partial charge in [-0.2, -0.15) is 0 Å². The molecule has 2 aromatic carbocycles. The van der Waals surface area contributed by atoms with Gasteiger partial charge in [-0.3, -0.25) is 10.1 Å². The van der Waals surface area contributed by atoms with Crippen LogP contribution in [0.3, 0.4) is 0 Å². The van der Waals surface area contributed by atoms with E-state index in [-0.39, 0.29) is 0 Å². The van der Waals surface area contributed by atoms with E-state index in [1.165, 1.54) is 18.2 Å². The van der Waals surface area contributed by atoms with E-state index in [4.69, 9.17) is 0 Å². The highest BCUT2D eigenvalue weighted by atomic mass is 79.9. The second kappa shape index (κ2) is 6.63. The maximum absolute atomic E-state index is 13.1. The fourth-order valence-corrected chi connectivity index (χ4v) is 2.46. The molecule has 0 spiro atoms. The van der Waals surface area contributed by atoms with Gasteiger partial charge in [0.05, 0.1) is 0 Å². The van der Waals surface area contributed by atoms with Crippen molar-refractivity contribution in [3.63, 3.8) is 0 Å². The first kappa shape index (κ1) is 14.7. The largest absolute Gasteiger partial charge is 0.480 e. The first-order valence-electron chi connectivity index (χ1n) is 6.03. The third kappa shape index (κ3) is 3.65. The van der Waals surface area contributed by atoms with Gasteiger partial charge in [0.15, 0.2) is 0 Å². The van der Waals surface area contributed by atoms with Crippen molar-refractivity contribution in [1.82, 2.24) is 5.32 Å². The van der Waals surface area contributed by atoms with Crippen LogP contribution in [0.2, 0.25) is 0 Å². The Bertz CT molecular complexity index is 604. The molecule has 0 aliphatic rings. The molecule has 2 N–H and O–H groups in total. The summed E-state index contributed by atoms with van der Waals surface area (Å²) in [7, 11) is 0. The average Bonchev–Trinajstić information content (AvgIpc) is 2.42. The van der Waals surface area contributed by atoms with E-state index < -0.39 is 17.8 Å². The van der Waals surface area contributed by atoms with Crippen LogP contribution < -0.4 is 5.32 Å². The number of hydrogen-bond donors (Lipinski definition) is 2. The highest BCUT2D eigenvalue weighted by Crippen LogP contribution is 2.25. The van der Waals surface area contributed by atoms with Crippen molar-refractivity contribution in [3.05, 3.63) is 69.9 Å². The van der Waals surface area contributed by atoms with Crippen molar-refractivity contribution in [1.29, 1.82) is 0 Å². The first-order valence-corrected chi connectivity index (χ1v) is 6.82. The van der Waals surface area contributed by atoms with Gasteiger partial charge in [-0.15, -0.1) is 0 Å². The molecule has 1 unspecified atom stereocenters. The van der Waals surface area contributed by atoms with E-state index in [0.717, 1.165) is 5.56 Å². The summed E-state index contributed by atoms with van der Waals surface area (Å²) >= 11 is 3.20. The fourth-order valence-electron chi connectivity index (χ4n) is 1.88. The SMILES string of the molecule is O=C(O)C(NCc1ccccc1)c1ccc(F)cc1Br. The predicted molar refractivity (Wildman–Crippen MR) is 77.8 cm³/mol. The lowest BCUT2D eigenvalue weighted by molar-refractivity contribution is -0.139. The number of rotatable bonds is 5. The summed E-state index contributed by atoms with van der Waals surface area (Å²) in [6.45, 7) is 0.418. The molecule has 2 aromatic rings. The summed E-state index contributed by atoms with van der Waals surface area (Å²) in [4.78, 5) is 11.4. The predicted octanol–water partition coefficient (Wildman–Crippen LogP) is 3.50. The zero-order valence-corrected chi connectivity index (χ0v) is 12.1. The van der Waals surface area contributed by atoms with Crippen LogP contribution in [-0.2, 0) is 11.3 Å². The lowest BCUT2D eigenvalue weighted by atomic mass is 10.1. The Morgan fingerprint density at radius 2 is 1.95 bits per heavy atom. The second-order valence-corrected chi connectivity index (χ2v) is 5.16. The van der Waals surface area contributed by atoms with Crippen LogP contribution in [0.4, 0.5) is 4.39 Å². The first-order chi connectivity index (χ1) is 9.58. The van der Waals surface area contributed by atoms with Crippen LogP contribution in [0.15, 0.2) is 53.0 Å². The minimum atomic E-state index is -1.01. The highest BCUT2D eigenvalue weighted by Gasteiger charge is 2.21.